The highest BCUT2D eigenvalue weighted by molar-refractivity contribution is 8.00. The maximum Gasteiger partial charge on any atom is 0.346 e. The summed E-state index contributed by atoms with van der Waals surface area (Å²) in [6.45, 7) is 9.72. The van der Waals surface area contributed by atoms with Crippen LogP contribution in [0.25, 0.3) is 0 Å². The van der Waals surface area contributed by atoms with Crippen LogP contribution in [-0.4, -0.2) is 70.2 Å². The molecule has 10 heteroatoms. The molecule has 0 aromatic carbocycles. The molecular weight excluding hydrogens is 384 g/mol. The number of esters is 2. The number of amides is 1. The Bertz CT molecular complexity index is 702. The molecule has 1 rings (SSSR count). The molecular formula is C18H30N4O5S. The summed E-state index contributed by atoms with van der Waals surface area (Å²) in [6, 6.07) is -0.396. The number of rotatable bonds is 9. The Morgan fingerprint density at radius 3 is 2.25 bits per heavy atom. The highest BCUT2D eigenvalue weighted by Crippen LogP contribution is 2.30. The van der Waals surface area contributed by atoms with Crippen LogP contribution < -0.4 is 0 Å². The first-order chi connectivity index (χ1) is 13.1. The Morgan fingerprint density at radius 1 is 1.14 bits per heavy atom. The van der Waals surface area contributed by atoms with Crippen molar-refractivity contribution >= 4 is 29.7 Å². The molecule has 28 heavy (non-hydrogen) atoms. The Hall–Kier alpha value is -2.10. The number of carbonyl (C=O) groups is 3. The minimum absolute atomic E-state index is 0.177. The molecule has 0 aliphatic rings. The molecule has 158 valence electrons. The van der Waals surface area contributed by atoms with Gasteiger partial charge in [-0.3, -0.25) is 9.59 Å². The average molecular weight is 415 g/mol. The van der Waals surface area contributed by atoms with Crippen molar-refractivity contribution in [1.29, 1.82) is 0 Å². The van der Waals surface area contributed by atoms with Crippen LogP contribution in [0.4, 0.5) is 4.79 Å². The first-order valence-corrected chi connectivity index (χ1v) is 10.1. The van der Waals surface area contributed by atoms with Crippen LogP contribution >= 0.6 is 11.8 Å². The number of aromatic nitrogens is 3. The lowest BCUT2D eigenvalue weighted by atomic mass is 9.90. The van der Waals surface area contributed by atoms with Crippen LogP contribution in [0.5, 0.6) is 0 Å². The van der Waals surface area contributed by atoms with Crippen LogP contribution in [-0.2, 0) is 24.5 Å². The maximum absolute atomic E-state index is 12.6. The molecule has 0 aliphatic heterocycles. The van der Waals surface area contributed by atoms with Crippen molar-refractivity contribution in [2.45, 2.75) is 63.3 Å². The van der Waals surface area contributed by atoms with Crippen molar-refractivity contribution in [2.24, 2.45) is 0 Å². The van der Waals surface area contributed by atoms with Gasteiger partial charge in [-0.15, -0.1) is 5.10 Å². The van der Waals surface area contributed by atoms with Crippen LogP contribution in [0.15, 0.2) is 5.16 Å². The van der Waals surface area contributed by atoms with Crippen molar-refractivity contribution in [1.82, 2.24) is 19.7 Å². The molecule has 1 heterocycles. The molecule has 0 fully saturated rings. The van der Waals surface area contributed by atoms with E-state index in [1.165, 1.54) is 4.90 Å². The largest absolute Gasteiger partial charge is 0.466 e. The summed E-state index contributed by atoms with van der Waals surface area (Å²) in [5.41, 5.74) is -0.353. The monoisotopic (exact) mass is 414 g/mol. The summed E-state index contributed by atoms with van der Waals surface area (Å²) in [5.74, 6) is -0.595. The van der Waals surface area contributed by atoms with Gasteiger partial charge < -0.3 is 14.4 Å². The highest BCUT2D eigenvalue weighted by atomic mass is 32.2. The van der Waals surface area contributed by atoms with E-state index in [4.69, 9.17) is 9.47 Å². The summed E-state index contributed by atoms with van der Waals surface area (Å²) < 4.78 is 11.2. The fourth-order valence-corrected chi connectivity index (χ4v) is 3.04. The third kappa shape index (κ3) is 6.22. The molecule has 0 radical (unpaired) electrons. The smallest absolute Gasteiger partial charge is 0.346 e. The Balaban J connectivity index is 3.29. The molecule has 0 saturated heterocycles. The Morgan fingerprint density at radius 2 is 1.75 bits per heavy atom. The predicted octanol–water partition coefficient (Wildman–Crippen LogP) is 2.47. The van der Waals surface area contributed by atoms with Gasteiger partial charge >= 0.3 is 18.0 Å². The average Bonchev–Trinajstić information content (AvgIpc) is 3.05. The van der Waals surface area contributed by atoms with E-state index in [1.54, 1.807) is 27.9 Å². The number of thioether (sulfide) groups is 1. The second-order valence-electron chi connectivity index (χ2n) is 6.91. The summed E-state index contributed by atoms with van der Waals surface area (Å²) >= 11 is 0.977. The van der Waals surface area contributed by atoms with Gasteiger partial charge in [0.25, 0.3) is 0 Å². The molecule has 1 aromatic heterocycles. The molecule has 0 spiro atoms. The molecule has 0 aliphatic carbocycles. The van der Waals surface area contributed by atoms with E-state index in [9.17, 15) is 14.4 Å². The zero-order chi connectivity index (χ0) is 21.5. The normalized spacial score (nSPS) is 12.4. The van der Waals surface area contributed by atoms with E-state index in [2.05, 4.69) is 10.1 Å². The van der Waals surface area contributed by atoms with Crippen molar-refractivity contribution in [3.05, 3.63) is 5.82 Å². The van der Waals surface area contributed by atoms with Gasteiger partial charge in [0.1, 0.15) is 5.25 Å². The number of hydrogen-bond donors (Lipinski definition) is 0. The van der Waals surface area contributed by atoms with E-state index in [-0.39, 0.29) is 30.2 Å². The second-order valence-corrected chi connectivity index (χ2v) is 8.08. The lowest BCUT2D eigenvalue weighted by Crippen LogP contribution is -2.30. The zero-order valence-corrected chi connectivity index (χ0v) is 18.5. The van der Waals surface area contributed by atoms with Crippen molar-refractivity contribution in [2.75, 3.05) is 27.3 Å². The van der Waals surface area contributed by atoms with Crippen molar-refractivity contribution in [3.8, 4) is 0 Å². The van der Waals surface area contributed by atoms with Gasteiger partial charge in [-0.1, -0.05) is 32.5 Å². The van der Waals surface area contributed by atoms with Gasteiger partial charge in [0.2, 0.25) is 0 Å². The van der Waals surface area contributed by atoms with Crippen molar-refractivity contribution < 1.29 is 23.9 Å². The predicted molar refractivity (Wildman–Crippen MR) is 105 cm³/mol. The zero-order valence-electron chi connectivity index (χ0n) is 17.6. The van der Waals surface area contributed by atoms with Gasteiger partial charge in [0.05, 0.1) is 19.6 Å². The van der Waals surface area contributed by atoms with Gasteiger partial charge in [0, 0.05) is 19.5 Å². The molecule has 0 N–H and O–H groups in total. The van der Waals surface area contributed by atoms with Crippen LogP contribution in [0.1, 0.15) is 53.3 Å². The topological polar surface area (TPSA) is 104 Å². The third-order valence-electron chi connectivity index (χ3n) is 4.08. The molecule has 1 amide bonds. The summed E-state index contributed by atoms with van der Waals surface area (Å²) in [5, 5.41) is 3.71. The molecule has 0 saturated carbocycles. The third-order valence-corrected chi connectivity index (χ3v) is 5.20. The lowest BCUT2D eigenvalue weighted by molar-refractivity contribution is -0.149. The van der Waals surface area contributed by atoms with Crippen LogP contribution in [0, 0.1) is 0 Å². The van der Waals surface area contributed by atoms with Gasteiger partial charge in [-0.05, 0) is 20.3 Å². The first-order valence-electron chi connectivity index (χ1n) is 9.25. The van der Waals surface area contributed by atoms with Gasteiger partial charge in [-0.25, -0.2) is 9.78 Å². The molecule has 0 bridgehead atoms. The fourth-order valence-electron chi connectivity index (χ4n) is 2.04. The molecule has 1 unspecified atom stereocenters. The molecule has 9 nitrogen and oxygen atoms in total. The minimum Gasteiger partial charge on any atom is -0.466 e. The van der Waals surface area contributed by atoms with E-state index < -0.39 is 23.2 Å². The standard InChI is InChI=1S/C18H30N4O5S/c1-8-18(4,5)15-19-16(22(20-15)17(25)21(6)7)28-12(14(24)27-10-3)11-13(23)26-9-2/h12H,8-11H2,1-7H3. The number of nitrogens with zero attached hydrogens (tertiary/aromatic N) is 4. The fraction of sp³-hybridized carbons (Fsp3) is 0.722. The van der Waals surface area contributed by atoms with Gasteiger partial charge in [-0.2, -0.15) is 4.68 Å². The quantitative estimate of drug-likeness (QED) is 0.448. The van der Waals surface area contributed by atoms with E-state index in [0.29, 0.717) is 5.82 Å². The molecule has 1 atom stereocenters. The van der Waals surface area contributed by atoms with Crippen LogP contribution in [0.3, 0.4) is 0 Å². The number of hydrogen-bond acceptors (Lipinski definition) is 8. The Labute approximate surface area is 170 Å². The SMILES string of the molecule is CCOC(=O)CC(Sc1nc(C(C)(C)CC)nn1C(=O)N(C)C)C(=O)OCC. The lowest BCUT2D eigenvalue weighted by Gasteiger charge is -2.17. The van der Waals surface area contributed by atoms with E-state index >= 15 is 0 Å². The molecule has 1 aromatic rings. The number of ether oxygens (including phenoxy) is 2. The first kappa shape index (κ1) is 23.9. The van der Waals surface area contributed by atoms with E-state index in [1.807, 2.05) is 20.8 Å². The maximum atomic E-state index is 12.6. The van der Waals surface area contributed by atoms with Crippen LogP contribution in [0.2, 0.25) is 0 Å². The van der Waals surface area contributed by atoms with Gasteiger partial charge in [0.15, 0.2) is 11.0 Å². The summed E-state index contributed by atoms with van der Waals surface area (Å²) in [7, 11) is 3.20. The minimum atomic E-state index is -0.894. The number of carbonyl (C=O) groups excluding carboxylic acids is 3. The van der Waals surface area contributed by atoms with Crippen molar-refractivity contribution in [3.63, 3.8) is 0 Å². The Kier molecular flexibility index (Phi) is 8.93. The highest BCUT2D eigenvalue weighted by Gasteiger charge is 2.32. The second kappa shape index (κ2) is 10.4. The van der Waals surface area contributed by atoms with E-state index in [0.717, 1.165) is 22.9 Å². The summed E-state index contributed by atoms with van der Waals surface area (Å²) in [6.07, 6.45) is 0.578. The summed E-state index contributed by atoms with van der Waals surface area (Å²) in [4.78, 5) is 42.7.